The third kappa shape index (κ3) is 7.06. The fourth-order valence-corrected chi connectivity index (χ4v) is 22.6. The number of nitrogens with zero attached hydrogens (tertiary/aromatic N) is 2. The first-order chi connectivity index (χ1) is 37.7. The fourth-order valence-electron chi connectivity index (χ4n) is 12.9. The number of para-hydroxylation sites is 3. The van der Waals surface area contributed by atoms with Gasteiger partial charge >= 0.3 is 0 Å². The van der Waals surface area contributed by atoms with Gasteiger partial charge in [-0.1, -0.05) is 273 Å². The maximum atomic E-state index is 2.63. The highest BCUT2D eigenvalue weighted by Gasteiger charge is 2.45. The van der Waals surface area contributed by atoms with Crippen LogP contribution in [0, 0.1) is 0 Å². The summed E-state index contributed by atoms with van der Waals surface area (Å²) in [5.74, 6) is 0. The molecule has 0 amide bonds. The van der Waals surface area contributed by atoms with Crippen LogP contribution in [0.25, 0.3) is 66.1 Å². The van der Waals surface area contributed by atoms with E-state index in [2.05, 4.69) is 325 Å². The molecule has 14 rings (SSSR count). The molecule has 0 radical (unpaired) electrons. The summed E-state index contributed by atoms with van der Waals surface area (Å²) >= 11 is 0. The van der Waals surface area contributed by atoms with Gasteiger partial charge in [0.2, 0.25) is 0 Å². The topological polar surface area (TPSA) is 9.86 Å². The van der Waals surface area contributed by atoms with Crippen LogP contribution in [0.5, 0.6) is 0 Å². The summed E-state index contributed by atoms with van der Waals surface area (Å²) in [6.45, 7) is 0. The van der Waals surface area contributed by atoms with Crippen LogP contribution in [0.15, 0.2) is 315 Å². The molecule has 358 valence electrons. The van der Waals surface area contributed by atoms with Crippen molar-refractivity contribution in [2.45, 2.75) is 0 Å². The van der Waals surface area contributed by atoms with E-state index in [4.69, 9.17) is 0 Å². The summed E-state index contributed by atoms with van der Waals surface area (Å²) in [6, 6.07) is 119. The minimum atomic E-state index is -3.28. The van der Waals surface area contributed by atoms with Crippen LogP contribution in [0.4, 0.5) is 0 Å². The Bertz CT molecular complexity index is 4210. The maximum absolute atomic E-state index is 3.28. The highest BCUT2D eigenvalue weighted by molar-refractivity contribution is 7.21. The first-order valence-electron chi connectivity index (χ1n) is 26.3. The zero-order valence-electron chi connectivity index (χ0n) is 41.9. The van der Waals surface area contributed by atoms with Crippen molar-refractivity contribution in [3.63, 3.8) is 0 Å². The second kappa shape index (κ2) is 18.9. The van der Waals surface area contributed by atoms with Crippen LogP contribution in [0.1, 0.15) is 0 Å². The summed E-state index contributed by atoms with van der Waals surface area (Å²) in [5, 5.41) is 15.7. The van der Waals surface area contributed by atoms with E-state index in [0.717, 1.165) is 11.4 Å². The Kier molecular flexibility index (Phi) is 11.2. The van der Waals surface area contributed by atoms with E-state index in [1.165, 1.54) is 96.2 Å². The monoisotopic (exact) mass is 1000 g/mol. The van der Waals surface area contributed by atoms with Crippen LogP contribution < -0.4 is 41.5 Å². The van der Waals surface area contributed by atoms with E-state index in [1.807, 2.05) is 0 Å². The molecule has 0 atom stereocenters. The predicted molar refractivity (Wildman–Crippen MR) is 328 cm³/mol. The number of aromatic nitrogens is 2. The van der Waals surface area contributed by atoms with Crippen molar-refractivity contribution < 1.29 is 0 Å². The van der Waals surface area contributed by atoms with Gasteiger partial charge in [0, 0.05) is 32.9 Å². The van der Waals surface area contributed by atoms with Crippen LogP contribution >= 0.6 is 0 Å². The normalized spacial score (nSPS) is 11.9. The van der Waals surface area contributed by atoms with Crippen LogP contribution in [0.2, 0.25) is 0 Å². The molecular weight excluding hydrogens is 949 g/mol. The van der Waals surface area contributed by atoms with Gasteiger partial charge in [-0.05, 0) is 95.1 Å². The summed E-state index contributed by atoms with van der Waals surface area (Å²) in [4.78, 5) is 0. The second-order valence-corrected chi connectivity index (χ2v) is 27.5. The quantitative estimate of drug-likeness (QED) is 0.0903. The molecule has 0 bridgehead atoms. The molecule has 14 aromatic rings. The van der Waals surface area contributed by atoms with E-state index in [0.29, 0.717) is 0 Å². The van der Waals surface area contributed by atoms with Crippen molar-refractivity contribution in [3.05, 3.63) is 315 Å². The summed E-state index contributed by atoms with van der Waals surface area (Å²) in [7, 11) is -6.21. The van der Waals surface area contributed by atoms with E-state index >= 15 is 0 Å². The molecule has 0 fully saturated rings. The number of hydrogen-bond donors (Lipinski definition) is 0. The summed E-state index contributed by atoms with van der Waals surface area (Å²) in [6.07, 6.45) is 0. The molecule has 0 unspecified atom stereocenters. The van der Waals surface area contributed by atoms with Crippen molar-refractivity contribution in [1.29, 1.82) is 0 Å². The lowest BCUT2D eigenvalue weighted by atomic mass is 10.1. The molecule has 0 aliphatic rings. The van der Waals surface area contributed by atoms with Gasteiger partial charge in [0.15, 0.2) is 16.1 Å². The summed E-state index contributed by atoms with van der Waals surface area (Å²) in [5.41, 5.74) is 9.43. The van der Waals surface area contributed by atoms with E-state index in [1.54, 1.807) is 0 Å². The Balaban J connectivity index is 1.18. The third-order valence-corrected chi connectivity index (χ3v) is 25.6. The highest BCUT2D eigenvalue weighted by atomic mass is 28.3. The largest absolute Gasteiger partial charge is 0.309 e. The first kappa shape index (κ1) is 45.3. The molecule has 76 heavy (non-hydrogen) atoms. The average molecular weight is 1000 g/mol. The Morgan fingerprint density at radius 2 is 0.592 bits per heavy atom. The van der Waals surface area contributed by atoms with Gasteiger partial charge in [0.25, 0.3) is 0 Å². The lowest BCUT2D eigenvalue weighted by molar-refractivity contribution is 1.18. The summed E-state index contributed by atoms with van der Waals surface area (Å²) < 4.78 is 5.16. The Hall–Kier alpha value is -9.33. The molecule has 2 nitrogen and oxygen atoms in total. The van der Waals surface area contributed by atoms with Gasteiger partial charge < -0.3 is 9.13 Å². The molecule has 0 aliphatic heterocycles. The zero-order chi connectivity index (χ0) is 50.5. The molecule has 4 heteroatoms. The SMILES string of the molecule is c1ccc(-c2ccc([Si](c3ccccc3)(c3ccccc3)c3cc4c(c5ccccc5n4-c4ccccc4)c4c3c3ccccc3n4-c3cccc([Si](c4ccccc4)(c4ccccc4)c4ccccc4)c3)cc2)cc1. The smallest absolute Gasteiger partial charge is 0.180 e. The van der Waals surface area contributed by atoms with Gasteiger partial charge in [-0.25, -0.2) is 0 Å². The van der Waals surface area contributed by atoms with E-state index in [9.17, 15) is 0 Å². The van der Waals surface area contributed by atoms with Gasteiger partial charge in [-0.2, -0.15) is 0 Å². The predicted octanol–water partition coefficient (Wildman–Crippen LogP) is 12.3. The molecule has 12 aromatic carbocycles. The second-order valence-electron chi connectivity index (χ2n) is 19.9. The first-order valence-corrected chi connectivity index (χ1v) is 30.3. The maximum Gasteiger partial charge on any atom is 0.180 e. The third-order valence-electron chi connectivity index (χ3n) is 16.0. The standard InChI is InChI=1S/C72H52N2Si2/c1-8-27-53(28-9-1)54-47-49-62(50-48-54)76(60-38-18-6-19-39-60,61-40-20-7-21-41-61)69-52-68-70(64-43-22-24-45-66(64)73(68)55-29-10-2-11-30-55)72-71(69)65-44-23-25-46-67(65)74(72)56-31-26-42-63(51-56)75(57-32-12-3-13-33-57,58-34-14-4-15-35-58)59-36-16-5-17-37-59/h1-52H. The minimum Gasteiger partial charge on any atom is -0.309 e. The molecule has 2 heterocycles. The van der Waals surface area contributed by atoms with E-state index in [-0.39, 0.29) is 0 Å². The zero-order valence-corrected chi connectivity index (χ0v) is 43.9. The van der Waals surface area contributed by atoms with Crippen molar-refractivity contribution in [3.8, 4) is 22.5 Å². The lowest BCUT2D eigenvalue weighted by Crippen LogP contribution is -2.74. The molecular formula is C72H52N2Si2. The van der Waals surface area contributed by atoms with Crippen molar-refractivity contribution in [1.82, 2.24) is 9.13 Å². The van der Waals surface area contributed by atoms with Crippen molar-refractivity contribution in [2.24, 2.45) is 0 Å². The molecule has 0 saturated heterocycles. The Morgan fingerprint density at radius 1 is 0.224 bits per heavy atom. The Morgan fingerprint density at radius 3 is 1.11 bits per heavy atom. The Labute approximate surface area is 445 Å². The number of benzene rings is 12. The van der Waals surface area contributed by atoms with Gasteiger partial charge in [-0.3, -0.25) is 0 Å². The highest BCUT2D eigenvalue weighted by Crippen LogP contribution is 2.42. The number of rotatable bonds is 11. The molecule has 0 saturated carbocycles. The fraction of sp³-hybridized carbons (Fsp3) is 0. The minimum absolute atomic E-state index is 1.13. The van der Waals surface area contributed by atoms with E-state index < -0.39 is 16.1 Å². The number of hydrogen-bond acceptors (Lipinski definition) is 0. The van der Waals surface area contributed by atoms with Gasteiger partial charge in [0.1, 0.15) is 0 Å². The van der Waals surface area contributed by atoms with Crippen LogP contribution in [-0.2, 0) is 0 Å². The van der Waals surface area contributed by atoms with Gasteiger partial charge in [-0.15, -0.1) is 0 Å². The van der Waals surface area contributed by atoms with Gasteiger partial charge in [0.05, 0.1) is 22.1 Å². The van der Waals surface area contributed by atoms with Crippen LogP contribution in [-0.4, -0.2) is 25.3 Å². The van der Waals surface area contributed by atoms with Crippen molar-refractivity contribution >= 4 is 101 Å². The molecule has 2 aromatic heterocycles. The van der Waals surface area contributed by atoms with Crippen LogP contribution in [0.3, 0.4) is 0 Å². The average Bonchev–Trinajstić information content (AvgIpc) is 4.22. The molecule has 0 N–H and O–H groups in total. The molecule has 0 spiro atoms. The molecule has 0 aliphatic carbocycles. The van der Waals surface area contributed by atoms with Crippen molar-refractivity contribution in [2.75, 3.05) is 0 Å². The lowest BCUT2D eigenvalue weighted by Gasteiger charge is -2.35. The number of fused-ring (bicyclic) bond motifs is 7.